The van der Waals surface area contributed by atoms with E-state index in [-0.39, 0.29) is 11.6 Å². The number of aromatic hydroxyl groups is 1. The molecule has 1 aromatic carbocycles. The lowest BCUT2D eigenvalue weighted by molar-refractivity contribution is 0.452. The van der Waals surface area contributed by atoms with Gasteiger partial charge in [0, 0.05) is 35.9 Å². The molecular formula is C15H26N2O. The fourth-order valence-electron chi connectivity index (χ4n) is 1.85. The van der Waals surface area contributed by atoms with Crippen LogP contribution in [-0.2, 0) is 0 Å². The lowest BCUT2D eigenvalue weighted by Gasteiger charge is -2.37. The standard InChI is InChI=1S/C15H26N2O/c1-7-15(3,4)17(6)12-8-9-13(11(2)16-5)14(18)10-12/h8-11,16,18H,7H2,1-6H3. The summed E-state index contributed by atoms with van der Waals surface area (Å²) in [5.41, 5.74) is 2.07. The number of phenolic OH excluding ortho intramolecular Hbond substituents is 1. The molecule has 0 saturated heterocycles. The number of benzene rings is 1. The van der Waals surface area contributed by atoms with Crippen molar-refractivity contribution in [3.05, 3.63) is 23.8 Å². The fourth-order valence-corrected chi connectivity index (χ4v) is 1.85. The van der Waals surface area contributed by atoms with E-state index in [9.17, 15) is 5.11 Å². The second kappa shape index (κ2) is 5.61. The monoisotopic (exact) mass is 250 g/mol. The number of hydrogen-bond donors (Lipinski definition) is 2. The highest BCUT2D eigenvalue weighted by molar-refractivity contribution is 5.55. The maximum atomic E-state index is 10.1. The van der Waals surface area contributed by atoms with Crippen LogP contribution in [0.5, 0.6) is 5.75 Å². The molecule has 0 spiro atoms. The van der Waals surface area contributed by atoms with Crippen LogP contribution in [0.3, 0.4) is 0 Å². The second-order valence-electron chi connectivity index (χ2n) is 5.48. The van der Waals surface area contributed by atoms with E-state index < -0.39 is 0 Å². The zero-order valence-electron chi connectivity index (χ0n) is 12.4. The molecular weight excluding hydrogens is 224 g/mol. The number of nitrogens with one attached hydrogen (secondary N) is 1. The normalized spacial score (nSPS) is 13.4. The third-order valence-electron chi connectivity index (χ3n) is 4.07. The van der Waals surface area contributed by atoms with Gasteiger partial charge in [0.25, 0.3) is 0 Å². The van der Waals surface area contributed by atoms with Crippen molar-refractivity contribution in [2.24, 2.45) is 0 Å². The minimum absolute atomic E-state index is 0.0859. The van der Waals surface area contributed by atoms with Crippen molar-refractivity contribution < 1.29 is 5.11 Å². The van der Waals surface area contributed by atoms with Gasteiger partial charge in [-0.2, -0.15) is 0 Å². The van der Waals surface area contributed by atoms with Crippen molar-refractivity contribution in [1.29, 1.82) is 0 Å². The molecule has 1 aromatic rings. The van der Waals surface area contributed by atoms with Crippen LogP contribution >= 0.6 is 0 Å². The van der Waals surface area contributed by atoms with Crippen LogP contribution < -0.4 is 10.2 Å². The van der Waals surface area contributed by atoms with Gasteiger partial charge in [0.2, 0.25) is 0 Å². The summed E-state index contributed by atoms with van der Waals surface area (Å²) in [5.74, 6) is 0.355. The van der Waals surface area contributed by atoms with Crippen LogP contribution in [-0.4, -0.2) is 24.7 Å². The van der Waals surface area contributed by atoms with Gasteiger partial charge < -0.3 is 15.3 Å². The van der Waals surface area contributed by atoms with Gasteiger partial charge in [-0.1, -0.05) is 13.0 Å². The molecule has 1 unspecified atom stereocenters. The molecule has 1 atom stereocenters. The van der Waals surface area contributed by atoms with Crippen molar-refractivity contribution in [2.45, 2.75) is 45.7 Å². The summed E-state index contributed by atoms with van der Waals surface area (Å²) in [4.78, 5) is 2.21. The average Bonchev–Trinajstić information content (AvgIpc) is 2.36. The van der Waals surface area contributed by atoms with E-state index in [0.717, 1.165) is 17.7 Å². The summed E-state index contributed by atoms with van der Waals surface area (Å²) in [6, 6.07) is 6.07. The van der Waals surface area contributed by atoms with Crippen molar-refractivity contribution in [3.8, 4) is 5.75 Å². The summed E-state index contributed by atoms with van der Waals surface area (Å²) >= 11 is 0. The lowest BCUT2D eigenvalue weighted by atomic mass is 9.98. The molecule has 0 heterocycles. The van der Waals surface area contributed by atoms with Crippen molar-refractivity contribution >= 4 is 5.69 Å². The maximum absolute atomic E-state index is 10.1. The first-order valence-corrected chi connectivity index (χ1v) is 6.57. The number of hydrogen-bond acceptors (Lipinski definition) is 3. The molecule has 0 fully saturated rings. The Morgan fingerprint density at radius 1 is 1.39 bits per heavy atom. The van der Waals surface area contributed by atoms with E-state index in [2.05, 4.69) is 44.1 Å². The van der Waals surface area contributed by atoms with Crippen LogP contribution in [0.4, 0.5) is 5.69 Å². The Kier molecular flexibility index (Phi) is 4.63. The van der Waals surface area contributed by atoms with Gasteiger partial charge in [-0.05, 0) is 40.3 Å². The summed E-state index contributed by atoms with van der Waals surface area (Å²) in [5, 5.41) is 13.3. The van der Waals surface area contributed by atoms with Gasteiger partial charge in [-0.25, -0.2) is 0 Å². The molecule has 0 bridgehead atoms. The van der Waals surface area contributed by atoms with Crippen molar-refractivity contribution in [1.82, 2.24) is 5.32 Å². The van der Waals surface area contributed by atoms with Crippen LogP contribution in [0.1, 0.15) is 45.7 Å². The van der Waals surface area contributed by atoms with E-state index in [1.54, 1.807) is 0 Å². The molecule has 2 N–H and O–H groups in total. The Morgan fingerprint density at radius 2 is 2.00 bits per heavy atom. The third kappa shape index (κ3) is 2.96. The topological polar surface area (TPSA) is 35.5 Å². The summed E-state index contributed by atoms with van der Waals surface area (Å²) < 4.78 is 0. The van der Waals surface area contributed by atoms with E-state index >= 15 is 0 Å². The first kappa shape index (κ1) is 14.8. The summed E-state index contributed by atoms with van der Waals surface area (Å²) in [7, 11) is 3.96. The maximum Gasteiger partial charge on any atom is 0.122 e. The minimum Gasteiger partial charge on any atom is -0.508 e. The van der Waals surface area contributed by atoms with Gasteiger partial charge in [-0.15, -0.1) is 0 Å². The van der Waals surface area contributed by atoms with E-state index in [1.165, 1.54) is 0 Å². The highest BCUT2D eigenvalue weighted by atomic mass is 16.3. The Morgan fingerprint density at radius 3 is 2.44 bits per heavy atom. The van der Waals surface area contributed by atoms with Crippen LogP contribution in [0.25, 0.3) is 0 Å². The average molecular weight is 250 g/mol. The molecule has 0 aromatic heterocycles. The largest absolute Gasteiger partial charge is 0.508 e. The van der Waals surface area contributed by atoms with Crippen LogP contribution in [0, 0.1) is 0 Å². The highest BCUT2D eigenvalue weighted by Gasteiger charge is 2.22. The number of nitrogens with zero attached hydrogens (tertiary/aromatic N) is 1. The fraction of sp³-hybridized carbons (Fsp3) is 0.600. The molecule has 0 aliphatic carbocycles. The Labute approximate surface area is 111 Å². The van der Waals surface area contributed by atoms with Gasteiger partial charge in [0.15, 0.2) is 0 Å². The first-order valence-electron chi connectivity index (χ1n) is 6.57. The van der Waals surface area contributed by atoms with E-state index in [4.69, 9.17) is 0 Å². The molecule has 0 radical (unpaired) electrons. The van der Waals surface area contributed by atoms with Crippen molar-refractivity contribution in [3.63, 3.8) is 0 Å². The SMILES string of the molecule is CCC(C)(C)N(C)c1ccc(C(C)NC)c(O)c1. The van der Waals surface area contributed by atoms with E-state index in [0.29, 0.717) is 5.75 Å². The molecule has 0 aliphatic rings. The quantitative estimate of drug-likeness (QED) is 0.841. The summed E-state index contributed by atoms with van der Waals surface area (Å²) in [6.45, 7) is 8.62. The second-order valence-corrected chi connectivity index (χ2v) is 5.48. The lowest BCUT2D eigenvalue weighted by Crippen LogP contribution is -2.40. The molecule has 0 amide bonds. The molecule has 18 heavy (non-hydrogen) atoms. The van der Waals surface area contributed by atoms with Gasteiger partial charge in [-0.3, -0.25) is 0 Å². The van der Waals surface area contributed by atoms with Crippen LogP contribution in [0.2, 0.25) is 0 Å². The van der Waals surface area contributed by atoms with Gasteiger partial charge in [0.05, 0.1) is 0 Å². The summed E-state index contributed by atoms with van der Waals surface area (Å²) in [6.07, 6.45) is 1.05. The Balaban J connectivity index is 3.04. The number of rotatable bonds is 5. The first-order chi connectivity index (χ1) is 8.33. The van der Waals surface area contributed by atoms with Crippen molar-refractivity contribution in [2.75, 3.05) is 19.0 Å². The van der Waals surface area contributed by atoms with Crippen LogP contribution in [0.15, 0.2) is 18.2 Å². The molecule has 1 rings (SSSR count). The number of phenols is 1. The zero-order chi connectivity index (χ0) is 13.9. The molecule has 102 valence electrons. The predicted molar refractivity (Wildman–Crippen MR) is 78.4 cm³/mol. The Hall–Kier alpha value is -1.22. The van der Waals surface area contributed by atoms with E-state index in [1.807, 2.05) is 26.1 Å². The van der Waals surface area contributed by atoms with Gasteiger partial charge in [0.1, 0.15) is 5.75 Å². The smallest absolute Gasteiger partial charge is 0.122 e. The van der Waals surface area contributed by atoms with Gasteiger partial charge >= 0.3 is 0 Å². The molecule has 3 heteroatoms. The molecule has 3 nitrogen and oxygen atoms in total. The predicted octanol–water partition coefficient (Wildman–Crippen LogP) is 3.30. The highest BCUT2D eigenvalue weighted by Crippen LogP contribution is 2.31. The third-order valence-corrected chi connectivity index (χ3v) is 4.07. The minimum atomic E-state index is 0.0859. The Bertz CT molecular complexity index is 401. The zero-order valence-corrected chi connectivity index (χ0v) is 12.4. The molecule has 0 aliphatic heterocycles. The molecule has 0 saturated carbocycles. The number of anilines is 1.